The summed E-state index contributed by atoms with van der Waals surface area (Å²) in [6.45, 7) is 3.77. The number of carbonyl (C=O) groups excluding carboxylic acids is 2. The zero-order chi connectivity index (χ0) is 15.2. The number of rotatable bonds is 4. The predicted octanol–water partition coefficient (Wildman–Crippen LogP) is 1.81. The van der Waals surface area contributed by atoms with E-state index in [1.807, 2.05) is 31.2 Å². The van der Waals surface area contributed by atoms with Crippen LogP contribution in [0.4, 0.5) is 5.69 Å². The molecule has 2 N–H and O–H groups in total. The molecule has 1 heterocycles. The van der Waals surface area contributed by atoms with Crippen LogP contribution in [0.2, 0.25) is 0 Å². The molecule has 0 spiro atoms. The molecule has 1 fully saturated rings. The molecule has 1 aromatic rings. The standard InChI is InChI=1S/C16H23N3O2.ClH/c1-12-5-7-14(8-6-12)18-15(20)11-19(2)16(21)13-4-3-9-17-10-13;/h5-8,13,17H,3-4,9-11H2,1-2H3,(H,18,20);1H. The van der Waals surface area contributed by atoms with E-state index >= 15 is 0 Å². The van der Waals surface area contributed by atoms with Crippen LogP contribution < -0.4 is 10.6 Å². The Morgan fingerprint density at radius 2 is 2.00 bits per heavy atom. The van der Waals surface area contributed by atoms with Crippen molar-refractivity contribution in [1.29, 1.82) is 0 Å². The third-order valence-corrected chi connectivity index (χ3v) is 3.74. The van der Waals surface area contributed by atoms with Gasteiger partial charge >= 0.3 is 0 Å². The van der Waals surface area contributed by atoms with Gasteiger partial charge in [0.2, 0.25) is 11.8 Å². The van der Waals surface area contributed by atoms with Gasteiger partial charge in [0.15, 0.2) is 0 Å². The molecule has 0 saturated carbocycles. The minimum absolute atomic E-state index is 0. The molecule has 0 aliphatic carbocycles. The molecule has 22 heavy (non-hydrogen) atoms. The molecule has 0 bridgehead atoms. The van der Waals surface area contributed by atoms with Crippen molar-refractivity contribution in [3.05, 3.63) is 29.8 Å². The number of nitrogens with zero attached hydrogens (tertiary/aromatic N) is 1. The Labute approximate surface area is 137 Å². The molecule has 6 heteroatoms. The van der Waals surface area contributed by atoms with E-state index in [-0.39, 0.29) is 36.7 Å². The largest absolute Gasteiger partial charge is 0.336 e. The van der Waals surface area contributed by atoms with Gasteiger partial charge in [0.05, 0.1) is 12.5 Å². The summed E-state index contributed by atoms with van der Waals surface area (Å²) < 4.78 is 0. The van der Waals surface area contributed by atoms with Crippen LogP contribution in [0.15, 0.2) is 24.3 Å². The van der Waals surface area contributed by atoms with E-state index in [2.05, 4.69) is 10.6 Å². The second kappa shape index (κ2) is 8.76. The van der Waals surface area contributed by atoms with Gasteiger partial charge in [0.25, 0.3) is 0 Å². The third-order valence-electron chi connectivity index (χ3n) is 3.74. The maximum Gasteiger partial charge on any atom is 0.243 e. The third kappa shape index (κ3) is 5.31. The number of hydrogen-bond acceptors (Lipinski definition) is 3. The molecule has 5 nitrogen and oxygen atoms in total. The summed E-state index contributed by atoms with van der Waals surface area (Å²) in [5, 5.41) is 6.03. The zero-order valence-corrected chi connectivity index (χ0v) is 13.9. The Morgan fingerprint density at radius 3 is 2.59 bits per heavy atom. The summed E-state index contributed by atoms with van der Waals surface area (Å²) in [4.78, 5) is 25.7. The number of amides is 2. The lowest BCUT2D eigenvalue weighted by atomic mass is 9.98. The monoisotopic (exact) mass is 325 g/mol. The zero-order valence-electron chi connectivity index (χ0n) is 13.1. The number of anilines is 1. The first-order valence-electron chi connectivity index (χ1n) is 7.38. The van der Waals surface area contributed by atoms with Crippen molar-refractivity contribution < 1.29 is 9.59 Å². The summed E-state index contributed by atoms with van der Waals surface area (Å²) in [6, 6.07) is 7.61. The minimum atomic E-state index is -0.168. The number of likely N-dealkylation sites (N-methyl/N-ethyl adjacent to an activating group) is 1. The van der Waals surface area contributed by atoms with E-state index in [0.29, 0.717) is 6.54 Å². The molecule has 0 aromatic heterocycles. The van der Waals surface area contributed by atoms with E-state index in [1.165, 1.54) is 4.90 Å². The first-order valence-corrected chi connectivity index (χ1v) is 7.38. The van der Waals surface area contributed by atoms with Gasteiger partial charge in [0, 0.05) is 19.3 Å². The average molecular weight is 326 g/mol. The molecule has 2 amide bonds. The highest BCUT2D eigenvalue weighted by atomic mass is 35.5. The first-order chi connectivity index (χ1) is 10.1. The molecule has 1 aliphatic heterocycles. The van der Waals surface area contributed by atoms with E-state index in [4.69, 9.17) is 0 Å². The number of hydrogen-bond donors (Lipinski definition) is 2. The predicted molar refractivity (Wildman–Crippen MR) is 90.3 cm³/mol. The van der Waals surface area contributed by atoms with Crippen LogP contribution in [-0.4, -0.2) is 43.4 Å². The summed E-state index contributed by atoms with van der Waals surface area (Å²) >= 11 is 0. The molecular formula is C16H24ClN3O2. The fraction of sp³-hybridized carbons (Fsp3) is 0.500. The lowest BCUT2D eigenvalue weighted by Gasteiger charge is -2.26. The van der Waals surface area contributed by atoms with Crippen LogP contribution in [0, 0.1) is 12.8 Å². The van der Waals surface area contributed by atoms with Crippen LogP contribution in [0.3, 0.4) is 0 Å². The molecular weight excluding hydrogens is 302 g/mol. The average Bonchev–Trinajstić information content (AvgIpc) is 2.49. The molecule has 1 atom stereocenters. The van der Waals surface area contributed by atoms with Gasteiger partial charge in [-0.3, -0.25) is 9.59 Å². The topological polar surface area (TPSA) is 61.4 Å². The van der Waals surface area contributed by atoms with Crippen LogP contribution >= 0.6 is 12.4 Å². The number of carbonyl (C=O) groups is 2. The lowest BCUT2D eigenvalue weighted by molar-refractivity contribution is -0.137. The van der Waals surface area contributed by atoms with Gasteiger partial charge in [-0.1, -0.05) is 17.7 Å². The summed E-state index contributed by atoms with van der Waals surface area (Å²) in [6.07, 6.45) is 1.91. The fourth-order valence-electron chi connectivity index (χ4n) is 2.51. The number of aryl methyl sites for hydroxylation is 1. The molecule has 1 unspecified atom stereocenters. The van der Waals surface area contributed by atoms with Crippen molar-refractivity contribution >= 4 is 29.9 Å². The molecule has 1 saturated heterocycles. The molecule has 1 aliphatic rings. The highest BCUT2D eigenvalue weighted by Crippen LogP contribution is 2.13. The lowest BCUT2D eigenvalue weighted by Crippen LogP contribution is -2.43. The Kier molecular flexibility index (Phi) is 7.35. The number of nitrogens with one attached hydrogen (secondary N) is 2. The van der Waals surface area contributed by atoms with E-state index in [0.717, 1.165) is 30.6 Å². The van der Waals surface area contributed by atoms with Gasteiger partial charge in [-0.15, -0.1) is 12.4 Å². The smallest absolute Gasteiger partial charge is 0.243 e. The highest BCUT2D eigenvalue weighted by molar-refractivity contribution is 5.94. The number of piperidine rings is 1. The minimum Gasteiger partial charge on any atom is -0.336 e. The first kappa shape index (κ1) is 18.5. The number of halogens is 1. The SMILES string of the molecule is Cc1ccc(NC(=O)CN(C)C(=O)C2CCCNC2)cc1.Cl. The maximum absolute atomic E-state index is 12.2. The Balaban J connectivity index is 0.00000242. The van der Waals surface area contributed by atoms with Crippen LogP contribution in [0.1, 0.15) is 18.4 Å². The van der Waals surface area contributed by atoms with Gasteiger partial charge in [-0.2, -0.15) is 0 Å². The second-order valence-corrected chi connectivity index (χ2v) is 5.65. The van der Waals surface area contributed by atoms with Crippen molar-refractivity contribution in [2.45, 2.75) is 19.8 Å². The van der Waals surface area contributed by atoms with Crippen molar-refractivity contribution in [3.8, 4) is 0 Å². The quantitative estimate of drug-likeness (QED) is 0.887. The normalized spacial score (nSPS) is 17.3. The van der Waals surface area contributed by atoms with Gasteiger partial charge in [-0.05, 0) is 38.4 Å². The van der Waals surface area contributed by atoms with Crippen LogP contribution in [0.25, 0.3) is 0 Å². The Bertz CT molecular complexity index is 499. The van der Waals surface area contributed by atoms with Crippen molar-refractivity contribution in [2.75, 3.05) is 32.0 Å². The van der Waals surface area contributed by atoms with E-state index in [1.54, 1.807) is 7.05 Å². The molecule has 0 radical (unpaired) electrons. The Hall–Kier alpha value is -1.59. The molecule has 122 valence electrons. The molecule has 1 aromatic carbocycles. The fourth-order valence-corrected chi connectivity index (χ4v) is 2.51. The summed E-state index contributed by atoms with van der Waals surface area (Å²) in [5.74, 6) is -0.129. The van der Waals surface area contributed by atoms with Crippen LogP contribution in [0.5, 0.6) is 0 Å². The van der Waals surface area contributed by atoms with Crippen molar-refractivity contribution in [1.82, 2.24) is 10.2 Å². The van der Waals surface area contributed by atoms with E-state index in [9.17, 15) is 9.59 Å². The number of benzene rings is 1. The second-order valence-electron chi connectivity index (χ2n) is 5.65. The Morgan fingerprint density at radius 1 is 1.32 bits per heavy atom. The highest BCUT2D eigenvalue weighted by Gasteiger charge is 2.24. The van der Waals surface area contributed by atoms with Crippen LogP contribution in [-0.2, 0) is 9.59 Å². The molecule has 2 rings (SSSR count). The van der Waals surface area contributed by atoms with Gasteiger partial charge < -0.3 is 15.5 Å². The summed E-state index contributed by atoms with van der Waals surface area (Å²) in [7, 11) is 1.69. The maximum atomic E-state index is 12.2. The van der Waals surface area contributed by atoms with Crippen molar-refractivity contribution in [3.63, 3.8) is 0 Å². The van der Waals surface area contributed by atoms with Gasteiger partial charge in [0.1, 0.15) is 0 Å². The van der Waals surface area contributed by atoms with E-state index < -0.39 is 0 Å². The summed E-state index contributed by atoms with van der Waals surface area (Å²) in [5.41, 5.74) is 1.90. The van der Waals surface area contributed by atoms with Crippen molar-refractivity contribution in [2.24, 2.45) is 5.92 Å². The van der Waals surface area contributed by atoms with Gasteiger partial charge in [-0.25, -0.2) is 0 Å².